The third-order valence-corrected chi connectivity index (χ3v) is 2.72. The lowest BCUT2D eigenvalue weighted by Crippen LogP contribution is -2.02. The summed E-state index contributed by atoms with van der Waals surface area (Å²) in [4.78, 5) is 8.72. The van der Waals surface area contributed by atoms with E-state index in [0.29, 0.717) is 17.0 Å². The molecule has 1 heterocycles. The SMILES string of the molecule is CCC(C)c1ncc(C(C)C)nc1Cl. The summed E-state index contributed by atoms with van der Waals surface area (Å²) in [6.45, 7) is 8.41. The Labute approximate surface area is 90.7 Å². The normalized spacial score (nSPS) is 13.3. The van der Waals surface area contributed by atoms with Crippen LogP contribution in [0.1, 0.15) is 57.3 Å². The molecule has 2 nitrogen and oxygen atoms in total. The molecule has 0 bridgehead atoms. The van der Waals surface area contributed by atoms with Gasteiger partial charge in [0.05, 0.1) is 11.4 Å². The molecule has 0 saturated carbocycles. The molecule has 0 fully saturated rings. The number of rotatable bonds is 3. The molecule has 0 amide bonds. The van der Waals surface area contributed by atoms with Crippen LogP contribution < -0.4 is 0 Å². The molecule has 0 aliphatic rings. The first-order valence-electron chi connectivity index (χ1n) is 5.08. The van der Waals surface area contributed by atoms with Crippen LogP contribution in [0.2, 0.25) is 5.15 Å². The third kappa shape index (κ3) is 2.44. The van der Waals surface area contributed by atoms with Gasteiger partial charge in [-0.2, -0.15) is 0 Å². The van der Waals surface area contributed by atoms with Crippen LogP contribution in [0.4, 0.5) is 0 Å². The lowest BCUT2D eigenvalue weighted by Gasteiger charge is -2.11. The minimum Gasteiger partial charge on any atom is -0.256 e. The van der Waals surface area contributed by atoms with Gasteiger partial charge in [-0.3, -0.25) is 4.98 Å². The van der Waals surface area contributed by atoms with Gasteiger partial charge >= 0.3 is 0 Å². The smallest absolute Gasteiger partial charge is 0.151 e. The number of hydrogen-bond acceptors (Lipinski definition) is 2. The maximum Gasteiger partial charge on any atom is 0.151 e. The molecule has 0 saturated heterocycles. The fourth-order valence-electron chi connectivity index (χ4n) is 1.19. The Bertz CT molecular complexity index is 310. The van der Waals surface area contributed by atoms with Crippen LogP contribution in [0.3, 0.4) is 0 Å². The van der Waals surface area contributed by atoms with Crippen LogP contribution in [-0.2, 0) is 0 Å². The van der Waals surface area contributed by atoms with E-state index < -0.39 is 0 Å². The van der Waals surface area contributed by atoms with Gasteiger partial charge in [-0.15, -0.1) is 0 Å². The Morgan fingerprint density at radius 3 is 2.43 bits per heavy atom. The second-order valence-electron chi connectivity index (χ2n) is 3.93. The molecule has 0 spiro atoms. The summed E-state index contributed by atoms with van der Waals surface area (Å²) in [5.41, 5.74) is 1.88. The van der Waals surface area contributed by atoms with Crippen molar-refractivity contribution in [2.45, 2.75) is 46.0 Å². The molecule has 1 aromatic heterocycles. The number of aromatic nitrogens is 2. The van der Waals surface area contributed by atoms with Gasteiger partial charge in [-0.1, -0.05) is 39.3 Å². The summed E-state index contributed by atoms with van der Waals surface area (Å²) >= 11 is 6.07. The number of nitrogens with zero attached hydrogens (tertiary/aromatic N) is 2. The minimum absolute atomic E-state index is 0.381. The van der Waals surface area contributed by atoms with Crippen molar-refractivity contribution in [2.75, 3.05) is 0 Å². The molecule has 0 aromatic carbocycles. The van der Waals surface area contributed by atoms with Crippen molar-refractivity contribution in [2.24, 2.45) is 0 Å². The predicted octanol–water partition coefficient (Wildman–Crippen LogP) is 3.77. The summed E-state index contributed by atoms with van der Waals surface area (Å²) in [6, 6.07) is 0. The first kappa shape index (κ1) is 11.4. The van der Waals surface area contributed by atoms with E-state index in [2.05, 4.69) is 37.7 Å². The highest BCUT2D eigenvalue weighted by Crippen LogP contribution is 2.24. The van der Waals surface area contributed by atoms with Gasteiger partial charge in [-0.25, -0.2) is 4.98 Å². The standard InChI is InChI=1S/C11H17ClN2/c1-5-8(4)10-11(12)14-9(6-13-10)7(2)3/h6-8H,5H2,1-4H3. The summed E-state index contributed by atoms with van der Waals surface area (Å²) < 4.78 is 0. The van der Waals surface area contributed by atoms with E-state index >= 15 is 0 Å². The number of halogens is 1. The Hall–Kier alpha value is -0.630. The van der Waals surface area contributed by atoms with Crippen molar-refractivity contribution in [1.82, 2.24) is 9.97 Å². The zero-order valence-corrected chi connectivity index (χ0v) is 9.97. The fraction of sp³-hybridized carbons (Fsp3) is 0.636. The zero-order valence-electron chi connectivity index (χ0n) is 9.21. The van der Waals surface area contributed by atoms with Crippen LogP contribution in [-0.4, -0.2) is 9.97 Å². The van der Waals surface area contributed by atoms with Gasteiger partial charge in [0.2, 0.25) is 0 Å². The van der Waals surface area contributed by atoms with Crippen LogP contribution >= 0.6 is 11.6 Å². The molecule has 1 rings (SSSR count). The zero-order chi connectivity index (χ0) is 10.7. The topological polar surface area (TPSA) is 25.8 Å². The second-order valence-corrected chi connectivity index (χ2v) is 4.29. The average Bonchev–Trinajstić information content (AvgIpc) is 2.16. The van der Waals surface area contributed by atoms with Gasteiger partial charge < -0.3 is 0 Å². The Balaban J connectivity index is 3.01. The molecule has 0 radical (unpaired) electrons. The van der Waals surface area contributed by atoms with Crippen LogP contribution in [0.25, 0.3) is 0 Å². The van der Waals surface area contributed by atoms with Crippen molar-refractivity contribution in [3.8, 4) is 0 Å². The second kappa shape index (κ2) is 4.74. The first-order chi connectivity index (χ1) is 6.56. The predicted molar refractivity (Wildman–Crippen MR) is 59.8 cm³/mol. The molecular weight excluding hydrogens is 196 g/mol. The van der Waals surface area contributed by atoms with Crippen molar-refractivity contribution in [3.63, 3.8) is 0 Å². The number of hydrogen-bond donors (Lipinski definition) is 0. The lowest BCUT2D eigenvalue weighted by molar-refractivity contribution is 0.693. The quantitative estimate of drug-likeness (QED) is 0.763. The van der Waals surface area contributed by atoms with Crippen LogP contribution in [0, 0.1) is 0 Å². The third-order valence-electron chi connectivity index (χ3n) is 2.45. The van der Waals surface area contributed by atoms with Gasteiger partial charge in [-0.05, 0) is 12.3 Å². The molecule has 1 aromatic rings. The largest absolute Gasteiger partial charge is 0.256 e. The fourth-order valence-corrected chi connectivity index (χ4v) is 1.52. The summed E-state index contributed by atoms with van der Waals surface area (Å²) in [5, 5.41) is 0.561. The highest BCUT2D eigenvalue weighted by molar-refractivity contribution is 6.30. The Morgan fingerprint density at radius 1 is 1.36 bits per heavy atom. The minimum atomic E-state index is 0.381. The highest BCUT2D eigenvalue weighted by atomic mass is 35.5. The maximum absolute atomic E-state index is 6.07. The molecule has 3 heteroatoms. The molecule has 14 heavy (non-hydrogen) atoms. The van der Waals surface area contributed by atoms with E-state index in [1.807, 2.05) is 6.20 Å². The summed E-state index contributed by atoms with van der Waals surface area (Å²) in [5.74, 6) is 0.766. The van der Waals surface area contributed by atoms with E-state index in [4.69, 9.17) is 11.6 Å². The van der Waals surface area contributed by atoms with Crippen LogP contribution in [0.5, 0.6) is 0 Å². The van der Waals surface area contributed by atoms with Gasteiger partial charge in [0, 0.05) is 12.1 Å². The van der Waals surface area contributed by atoms with E-state index in [1.54, 1.807) is 0 Å². The van der Waals surface area contributed by atoms with Crippen molar-refractivity contribution in [1.29, 1.82) is 0 Å². The molecule has 0 N–H and O–H groups in total. The van der Waals surface area contributed by atoms with Crippen molar-refractivity contribution in [3.05, 3.63) is 22.7 Å². The highest BCUT2D eigenvalue weighted by Gasteiger charge is 2.12. The van der Waals surface area contributed by atoms with Crippen molar-refractivity contribution < 1.29 is 0 Å². The van der Waals surface area contributed by atoms with Gasteiger partial charge in [0.1, 0.15) is 0 Å². The molecule has 1 atom stereocenters. The molecular formula is C11H17ClN2. The van der Waals surface area contributed by atoms with Gasteiger partial charge in [0.25, 0.3) is 0 Å². The molecule has 0 aliphatic heterocycles. The average molecular weight is 213 g/mol. The first-order valence-corrected chi connectivity index (χ1v) is 5.46. The summed E-state index contributed by atoms with van der Waals surface area (Å²) in [7, 11) is 0. The Morgan fingerprint density at radius 2 is 2.00 bits per heavy atom. The molecule has 1 unspecified atom stereocenters. The van der Waals surface area contributed by atoms with E-state index in [1.165, 1.54) is 0 Å². The van der Waals surface area contributed by atoms with E-state index in [9.17, 15) is 0 Å². The van der Waals surface area contributed by atoms with E-state index in [-0.39, 0.29) is 0 Å². The monoisotopic (exact) mass is 212 g/mol. The van der Waals surface area contributed by atoms with Gasteiger partial charge in [0.15, 0.2) is 5.15 Å². The van der Waals surface area contributed by atoms with Crippen LogP contribution in [0.15, 0.2) is 6.20 Å². The molecule has 0 aliphatic carbocycles. The summed E-state index contributed by atoms with van der Waals surface area (Å²) in [6.07, 6.45) is 2.87. The maximum atomic E-state index is 6.07. The van der Waals surface area contributed by atoms with E-state index in [0.717, 1.165) is 17.8 Å². The Kier molecular flexibility index (Phi) is 3.87. The van der Waals surface area contributed by atoms with Crippen molar-refractivity contribution >= 4 is 11.6 Å². The lowest BCUT2D eigenvalue weighted by atomic mass is 10.1. The molecule has 78 valence electrons.